The van der Waals surface area contributed by atoms with Crippen LogP contribution in [-0.2, 0) is 16.0 Å². The Bertz CT molecular complexity index is 641. The number of ether oxygens (including phenoxy) is 1. The normalized spacial score (nSPS) is 10.3. The molecule has 1 N–H and O–H groups in total. The topological polar surface area (TPSA) is 55.4 Å². The summed E-state index contributed by atoms with van der Waals surface area (Å²) in [5.41, 5.74) is -0.365. The van der Waals surface area contributed by atoms with E-state index in [1.807, 2.05) is 17.5 Å². The van der Waals surface area contributed by atoms with Crippen LogP contribution in [0.3, 0.4) is 0 Å². The molecule has 0 aliphatic carbocycles. The van der Waals surface area contributed by atoms with Gasteiger partial charge in [-0.3, -0.25) is 4.79 Å². The van der Waals surface area contributed by atoms with Gasteiger partial charge in [0.15, 0.2) is 6.61 Å². The Morgan fingerprint density at radius 2 is 2.09 bits per heavy atom. The third-order valence-corrected chi connectivity index (χ3v) is 4.03. The van der Waals surface area contributed by atoms with Crippen molar-refractivity contribution in [2.24, 2.45) is 0 Å². The van der Waals surface area contributed by atoms with Crippen molar-refractivity contribution in [3.8, 4) is 0 Å². The summed E-state index contributed by atoms with van der Waals surface area (Å²) in [5, 5.41) is 4.52. The molecule has 2 rings (SSSR count). The molecule has 2 aromatic rings. The summed E-state index contributed by atoms with van der Waals surface area (Å²) in [6.45, 7) is -0.0364. The Labute approximate surface area is 135 Å². The Morgan fingerprint density at radius 3 is 2.77 bits per heavy atom. The number of carbonyl (C=O) groups is 2. The number of hydrogen-bond acceptors (Lipinski definition) is 4. The first-order chi connectivity index (χ1) is 10.6. The third kappa shape index (κ3) is 4.54. The highest BCUT2D eigenvalue weighted by Crippen LogP contribution is 2.19. The number of hydrogen-bond donors (Lipinski definition) is 1. The second kappa shape index (κ2) is 7.91. The van der Waals surface area contributed by atoms with Crippen molar-refractivity contribution in [2.75, 3.05) is 13.2 Å². The van der Waals surface area contributed by atoms with Gasteiger partial charge in [0.25, 0.3) is 5.91 Å². The summed E-state index contributed by atoms with van der Waals surface area (Å²) in [5.74, 6) is -2.19. The molecule has 1 heterocycles. The van der Waals surface area contributed by atoms with E-state index in [1.54, 1.807) is 11.3 Å². The van der Waals surface area contributed by atoms with E-state index < -0.39 is 24.3 Å². The predicted octanol–water partition coefficient (Wildman–Crippen LogP) is 3.06. The van der Waals surface area contributed by atoms with E-state index in [1.165, 1.54) is 12.1 Å². The van der Waals surface area contributed by atoms with Gasteiger partial charge >= 0.3 is 5.97 Å². The Kier molecular flexibility index (Phi) is 5.91. The van der Waals surface area contributed by atoms with Crippen molar-refractivity contribution >= 4 is 34.8 Å². The van der Waals surface area contributed by atoms with Crippen molar-refractivity contribution in [2.45, 2.75) is 6.42 Å². The van der Waals surface area contributed by atoms with Crippen molar-refractivity contribution in [3.05, 3.63) is 57.0 Å². The van der Waals surface area contributed by atoms with Gasteiger partial charge in [-0.15, -0.1) is 11.3 Å². The van der Waals surface area contributed by atoms with Gasteiger partial charge in [-0.2, -0.15) is 0 Å². The lowest BCUT2D eigenvalue weighted by molar-refractivity contribution is -0.124. The molecule has 0 radical (unpaired) electrons. The van der Waals surface area contributed by atoms with Crippen molar-refractivity contribution in [3.63, 3.8) is 0 Å². The van der Waals surface area contributed by atoms with Gasteiger partial charge < -0.3 is 10.1 Å². The SMILES string of the molecule is O=C(COC(=O)c1c(F)cccc1Cl)NCCc1cccs1. The van der Waals surface area contributed by atoms with E-state index in [4.69, 9.17) is 16.3 Å². The fraction of sp³-hybridized carbons (Fsp3) is 0.200. The van der Waals surface area contributed by atoms with Crippen LogP contribution in [0, 0.1) is 5.82 Å². The second-order valence-electron chi connectivity index (χ2n) is 4.35. The first kappa shape index (κ1) is 16.5. The molecular weight excluding hydrogens is 329 g/mol. The molecule has 0 aliphatic rings. The minimum Gasteiger partial charge on any atom is -0.452 e. The maximum Gasteiger partial charge on any atom is 0.343 e. The van der Waals surface area contributed by atoms with E-state index in [2.05, 4.69) is 5.32 Å². The lowest BCUT2D eigenvalue weighted by Crippen LogP contribution is -2.30. The van der Waals surface area contributed by atoms with Crippen LogP contribution in [0.1, 0.15) is 15.2 Å². The summed E-state index contributed by atoms with van der Waals surface area (Å²) in [6, 6.07) is 7.76. The van der Waals surface area contributed by atoms with Crippen molar-refractivity contribution < 1.29 is 18.7 Å². The number of amides is 1. The molecule has 1 amide bonds. The van der Waals surface area contributed by atoms with E-state index >= 15 is 0 Å². The standard InChI is InChI=1S/C15H13ClFNO3S/c16-11-4-1-5-12(17)14(11)15(20)21-9-13(19)18-7-6-10-3-2-8-22-10/h1-5,8H,6-7,9H2,(H,18,19). The van der Waals surface area contributed by atoms with Gasteiger partial charge in [-0.05, 0) is 30.0 Å². The largest absolute Gasteiger partial charge is 0.452 e. The molecule has 7 heteroatoms. The molecule has 0 spiro atoms. The lowest BCUT2D eigenvalue weighted by atomic mass is 10.2. The minimum absolute atomic E-state index is 0.0527. The van der Waals surface area contributed by atoms with Crippen LogP contribution in [0.15, 0.2) is 35.7 Å². The maximum absolute atomic E-state index is 13.5. The highest BCUT2D eigenvalue weighted by molar-refractivity contribution is 7.09. The van der Waals surface area contributed by atoms with Crippen LogP contribution in [0.25, 0.3) is 0 Å². The highest BCUT2D eigenvalue weighted by atomic mass is 35.5. The number of rotatable bonds is 6. The summed E-state index contributed by atoms with van der Waals surface area (Å²) in [6.07, 6.45) is 0.705. The number of carbonyl (C=O) groups excluding carboxylic acids is 2. The third-order valence-electron chi connectivity index (χ3n) is 2.77. The van der Waals surface area contributed by atoms with Gasteiger partial charge in [-0.25, -0.2) is 9.18 Å². The van der Waals surface area contributed by atoms with Crippen molar-refractivity contribution in [1.29, 1.82) is 0 Å². The number of esters is 1. The molecule has 0 aliphatic heterocycles. The Balaban J connectivity index is 1.77. The number of nitrogens with one attached hydrogen (secondary N) is 1. The average Bonchev–Trinajstić information content (AvgIpc) is 2.98. The van der Waals surface area contributed by atoms with Gasteiger partial charge in [0, 0.05) is 11.4 Å². The van der Waals surface area contributed by atoms with Crippen LogP contribution in [0.2, 0.25) is 5.02 Å². The molecule has 0 saturated carbocycles. The van der Waals surface area contributed by atoms with Crippen LogP contribution < -0.4 is 5.32 Å². The van der Waals surface area contributed by atoms with E-state index in [-0.39, 0.29) is 10.6 Å². The molecule has 1 aromatic heterocycles. The smallest absolute Gasteiger partial charge is 0.343 e. The molecule has 116 valence electrons. The monoisotopic (exact) mass is 341 g/mol. The molecule has 0 atom stereocenters. The molecule has 0 bridgehead atoms. The van der Waals surface area contributed by atoms with Gasteiger partial charge in [0.05, 0.1) is 5.02 Å². The van der Waals surface area contributed by atoms with E-state index in [0.717, 1.165) is 10.9 Å². The Hall–Kier alpha value is -1.92. The summed E-state index contributed by atoms with van der Waals surface area (Å²) in [4.78, 5) is 24.4. The predicted molar refractivity (Wildman–Crippen MR) is 82.7 cm³/mol. The summed E-state index contributed by atoms with van der Waals surface area (Å²) in [7, 11) is 0. The first-order valence-corrected chi connectivity index (χ1v) is 7.74. The molecule has 0 saturated heterocycles. The summed E-state index contributed by atoms with van der Waals surface area (Å²) < 4.78 is 18.3. The molecular formula is C15H13ClFNO3S. The molecule has 0 unspecified atom stereocenters. The van der Waals surface area contributed by atoms with Gasteiger partial charge in [-0.1, -0.05) is 23.7 Å². The van der Waals surface area contributed by atoms with Crippen LogP contribution in [0.5, 0.6) is 0 Å². The van der Waals surface area contributed by atoms with Crippen LogP contribution >= 0.6 is 22.9 Å². The molecule has 4 nitrogen and oxygen atoms in total. The fourth-order valence-electron chi connectivity index (χ4n) is 1.73. The number of thiophene rings is 1. The highest BCUT2D eigenvalue weighted by Gasteiger charge is 2.18. The van der Waals surface area contributed by atoms with Gasteiger partial charge in [0.1, 0.15) is 11.4 Å². The average molecular weight is 342 g/mol. The van der Waals surface area contributed by atoms with Crippen LogP contribution in [0.4, 0.5) is 4.39 Å². The fourth-order valence-corrected chi connectivity index (χ4v) is 2.68. The first-order valence-electron chi connectivity index (χ1n) is 6.48. The summed E-state index contributed by atoms with van der Waals surface area (Å²) >= 11 is 7.34. The number of benzene rings is 1. The van der Waals surface area contributed by atoms with Crippen molar-refractivity contribution in [1.82, 2.24) is 5.32 Å². The molecule has 22 heavy (non-hydrogen) atoms. The zero-order valence-corrected chi connectivity index (χ0v) is 13.0. The molecule has 1 aromatic carbocycles. The van der Waals surface area contributed by atoms with Gasteiger partial charge in [0.2, 0.25) is 0 Å². The molecule has 0 fully saturated rings. The van der Waals surface area contributed by atoms with E-state index in [9.17, 15) is 14.0 Å². The quantitative estimate of drug-likeness (QED) is 0.822. The minimum atomic E-state index is -0.962. The second-order valence-corrected chi connectivity index (χ2v) is 5.79. The zero-order chi connectivity index (χ0) is 15.9. The Morgan fingerprint density at radius 1 is 1.27 bits per heavy atom. The zero-order valence-electron chi connectivity index (χ0n) is 11.5. The lowest BCUT2D eigenvalue weighted by Gasteiger charge is -2.07. The van der Waals surface area contributed by atoms with Crippen LogP contribution in [-0.4, -0.2) is 25.0 Å². The number of halogens is 2. The van der Waals surface area contributed by atoms with E-state index in [0.29, 0.717) is 13.0 Å². The maximum atomic E-state index is 13.5.